The molecule has 222 valence electrons. The van der Waals surface area contributed by atoms with Crippen LogP contribution < -0.4 is 0 Å². The fourth-order valence-electron chi connectivity index (χ4n) is 8.44. The molecule has 41 heavy (non-hydrogen) atoms. The van der Waals surface area contributed by atoms with Crippen LogP contribution in [0.25, 0.3) is 0 Å². The van der Waals surface area contributed by atoms with Gasteiger partial charge in [-0.15, -0.1) is 0 Å². The van der Waals surface area contributed by atoms with Crippen LogP contribution in [0.4, 0.5) is 17.6 Å². The van der Waals surface area contributed by atoms with Crippen LogP contribution in [-0.4, -0.2) is 0 Å². The summed E-state index contributed by atoms with van der Waals surface area (Å²) in [7, 11) is 0. The van der Waals surface area contributed by atoms with E-state index in [2.05, 4.69) is 6.92 Å². The van der Waals surface area contributed by atoms with Crippen molar-refractivity contribution in [2.75, 3.05) is 0 Å². The first-order valence-corrected chi connectivity index (χ1v) is 16.3. The molecule has 0 radical (unpaired) electrons. The summed E-state index contributed by atoms with van der Waals surface area (Å²) in [6, 6.07) is 7.19. The fourth-order valence-corrected chi connectivity index (χ4v) is 8.44. The molecule has 0 atom stereocenters. The second kappa shape index (κ2) is 13.7. The van der Waals surface area contributed by atoms with Crippen molar-refractivity contribution < 1.29 is 17.6 Å². The van der Waals surface area contributed by atoms with E-state index in [1.807, 2.05) is 0 Å². The molecule has 3 aliphatic carbocycles. The molecule has 5 rings (SSSR count). The van der Waals surface area contributed by atoms with Crippen molar-refractivity contribution in [1.82, 2.24) is 0 Å². The van der Waals surface area contributed by atoms with Gasteiger partial charge in [0.2, 0.25) is 0 Å². The lowest BCUT2D eigenvalue weighted by molar-refractivity contribution is 0.155. The van der Waals surface area contributed by atoms with Crippen molar-refractivity contribution in [2.45, 2.75) is 127 Å². The van der Waals surface area contributed by atoms with E-state index in [1.165, 1.54) is 76.3 Å². The van der Waals surface area contributed by atoms with Crippen LogP contribution in [0.5, 0.6) is 0 Å². The summed E-state index contributed by atoms with van der Waals surface area (Å²) >= 11 is 0. The standard InChI is InChI=1S/C36H45F4N/c1-2-3-4-5-23-6-8-24(9-7-23)25-10-12-26(13-11-25)30-20-34(39)36(35(40)21-30)28-16-14-27(15-17-28)29-18-32(37)31(22-41)33(38)19-29/h18-21,23-28H,2-17H2,1H3. The van der Waals surface area contributed by atoms with Gasteiger partial charge in [0.25, 0.3) is 0 Å². The Bertz CT molecular complexity index is 1160. The Balaban J connectivity index is 1.14. The van der Waals surface area contributed by atoms with Gasteiger partial charge in [-0.3, -0.25) is 0 Å². The van der Waals surface area contributed by atoms with Gasteiger partial charge in [-0.25, -0.2) is 17.6 Å². The molecule has 0 amide bonds. The molecule has 1 nitrogen and oxygen atoms in total. The zero-order chi connectivity index (χ0) is 28.9. The van der Waals surface area contributed by atoms with Crippen LogP contribution in [0.2, 0.25) is 0 Å². The number of hydrogen-bond acceptors (Lipinski definition) is 1. The number of nitriles is 1. The molecule has 0 spiro atoms. The van der Waals surface area contributed by atoms with E-state index < -0.39 is 28.8 Å². The van der Waals surface area contributed by atoms with E-state index in [1.54, 1.807) is 18.2 Å². The minimum Gasteiger partial charge on any atom is -0.207 e. The molecule has 0 saturated heterocycles. The zero-order valence-electron chi connectivity index (χ0n) is 24.5. The van der Waals surface area contributed by atoms with Crippen LogP contribution in [0.15, 0.2) is 24.3 Å². The van der Waals surface area contributed by atoms with Gasteiger partial charge in [0.1, 0.15) is 34.9 Å². The Morgan fingerprint density at radius 2 is 1.05 bits per heavy atom. The SMILES string of the molecule is CCCCCC1CCC(C2CCC(c3cc(F)c(C4CCC(c5cc(F)c(C#N)c(F)c5)CC4)c(F)c3)CC2)CC1. The summed E-state index contributed by atoms with van der Waals surface area (Å²) < 4.78 is 59.1. The monoisotopic (exact) mass is 567 g/mol. The lowest BCUT2D eigenvalue weighted by atomic mass is 9.68. The molecule has 0 unspecified atom stereocenters. The maximum absolute atomic E-state index is 15.4. The number of halogens is 4. The molecule has 0 heterocycles. The normalized spacial score (nSPS) is 28.8. The highest BCUT2D eigenvalue weighted by Gasteiger charge is 2.33. The molecular weight excluding hydrogens is 522 g/mol. The van der Waals surface area contributed by atoms with Gasteiger partial charge >= 0.3 is 0 Å². The molecule has 0 N–H and O–H groups in total. The minimum absolute atomic E-state index is 0.0836. The molecule has 0 aliphatic heterocycles. The summed E-state index contributed by atoms with van der Waals surface area (Å²) in [5.74, 6) is -0.146. The summed E-state index contributed by atoms with van der Waals surface area (Å²) in [5, 5.41) is 8.92. The quantitative estimate of drug-likeness (QED) is 0.230. The molecule has 3 fully saturated rings. The van der Waals surface area contributed by atoms with E-state index in [0.717, 1.165) is 36.2 Å². The van der Waals surface area contributed by atoms with E-state index in [0.29, 0.717) is 31.2 Å². The lowest BCUT2D eigenvalue weighted by Gasteiger charge is -2.38. The third kappa shape index (κ3) is 7.00. The van der Waals surface area contributed by atoms with Crippen molar-refractivity contribution in [2.24, 2.45) is 17.8 Å². The number of unbranched alkanes of at least 4 members (excludes halogenated alkanes) is 2. The first-order valence-electron chi connectivity index (χ1n) is 16.3. The van der Waals surface area contributed by atoms with Crippen LogP contribution in [0, 0.1) is 52.4 Å². The molecule has 2 aromatic rings. The minimum atomic E-state index is -0.850. The highest BCUT2D eigenvalue weighted by Crippen LogP contribution is 2.46. The van der Waals surface area contributed by atoms with E-state index in [9.17, 15) is 8.78 Å². The third-order valence-corrected chi connectivity index (χ3v) is 10.9. The van der Waals surface area contributed by atoms with Gasteiger partial charge in [0.15, 0.2) is 0 Å². The average Bonchev–Trinajstić information content (AvgIpc) is 2.97. The first-order chi connectivity index (χ1) is 19.9. The molecule has 0 bridgehead atoms. The van der Waals surface area contributed by atoms with Crippen LogP contribution in [-0.2, 0) is 0 Å². The Morgan fingerprint density at radius 3 is 1.54 bits per heavy atom. The zero-order valence-corrected chi connectivity index (χ0v) is 24.5. The first kappa shape index (κ1) is 30.1. The van der Waals surface area contributed by atoms with Crippen molar-refractivity contribution in [3.63, 3.8) is 0 Å². The smallest absolute Gasteiger partial charge is 0.144 e. The molecular formula is C36H45F4N. The predicted octanol–water partition coefficient (Wildman–Crippen LogP) is 11.2. The van der Waals surface area contributed by atoms with Gasteiger partial charge in [-0.1, -0.05) is 45.4 Å². The second-order valence-electron chi connectivity index (χ2n) is 13.3. The van der Waals surface area contributed by atoms with Crippen molar-refractivity contribution >= 4 is 0 Å². The summed E-state index contributed by atoms with van der Waals surface area (Å²) in [6.07, 6.45) is 17.6. The van der Waals surface area contributed by atoms with Crippen LogP contribution in [0.1, 0.15) is 150 Å². The Labute approximate surface area is 243 Å². The largest absolute Gasteiger partial charge is 0.207 e. The lowest BCUT2D eigenvalue weighted by Crippen LogP contribution is -2.25. The summed E-state index contributed by atoms with van der Waals surface area (Å²) in [5.41, 5.74) is 0.928. The number of nitrogens with zero attached hydrogens (tertiary/aromatic N) is 1. The molecule has 0 aromatic heterocycles. The Kier molecular flexibility index (Phi) is 10.1. The number of rotatable bonds is 8. The fraction of sp³-hybridized carbons (Fsp3) is 0.639. The number of hydrogen-bond donors (Lipinski definition) is 0. The number of benzene rings is 2. The van der Waals surface area contributed by atoms with Crippen molar-refractivity contribution in [3.8, 4) is 6.07 Å². The summed E-state index contributed by atoms with van der Waals surface area (Å²) in [4.78, 5) is 0. The molecule has 5 heteroatoms. The highest BCUT2D eigenvalue weighted by atomic mass is 19.1. The van der Waals surface area contributed by atoms with Crippen LogP contribution in [0.3, 0.4) is 0 Å². The van der Waals surface area contributed by atoms with E-state index in [-0.39, 0.29) is 23.3 Å². The van der Waals surface area contributed by atoms with E-state index in [4.69, 9.17) is 5.26 Å². The maximum Gasteiger partial charge on any atom is 0.144 e. The topological polar surface area (TPSA) is 23.8 Å². The van der Waals surface area contributed by atoms with Crippen LogP contribution >= 0.6 is 0 Å². The van der Waals surface area contributed by atoms with Crippen molar-refractivity contribution in [1.29, 1.82) is 5.26 Å². The summed E-state index contributed by atoms with van der Waals surface area (Å²) in [6.45, 7) is 2.27. The van der Waals surface area contributed by atoms with Gasteiger partial charge < -0.3 is 0 Å². The molecule has 3 saturated carbocycles. The Hall–Kier alpha value is -2.35. The molecule has 2 aromatic carbocycles. The van der Waals surface area contributed by atoms with Gasteiger partial charge in [0, 0.05) is 5.56 Å². The van der Waals surface area contributed by atoms with Crippen molar-refractivity contribution in [3.05, 3.63) is 69.8 Å². The molecule has 3 aliphatic rings. The predicted molar refractivity (Wildman–Crippen MR) is 156 cm³/mol. The van der Waals surface area contributed by atoms with Gasteiger partial charge in [-0.05, 0) is 135 Å². The van der Waals surface area contributed by atoms with Gasteiger partial charge in [0.05, 0.1) is 0 Å². The average molecular weight is 568 g/mol. The second-order valence-corrected chi connectivity index (χ2v) is 13.3. The van der Waals surface area contributed by atoms with E-state index >= 15 is 8.78 Å². The van der Waals surface area contributed by atoms with Gasteiger partial charge in [-0.2, -0.15) is 5.26 Å². The maximum atomic E-state index is 15.4. The highest BCUT2D eigenvalue weighted by molar-refractivity contribution is 5.37. The Morgan fingerprint density at radius 1 is 0.610 bits per heavy atom. The third-order valence-electron chi connectivity index (χ3n) is 10.9.